The Morgan fingerprint density at radius 3 is 2.26 bits per heavy atom. The second kappa shape index (κ2) is 6.89. The smallest absolute Gasteiger partial charge is 0.236 e. The average Bonchev–Trinajstić information content (AvgIpc) is 2.30. The fraction of sp³-hybridized carbons (Fsp3) is 0.857. The predicted octanol–water partition coefficient (Wildman–Crippen LogP) is 1.02. The number of nitrogens with zero attached hydrogens (tertiary/aromatic N) is 1. The van der Waals surface area contributed by atoms with Crippen molar-refractivity contribution in [1.82, 2.24) is 10.2 Å². The van der Waals surface area contributed by atoms with Crippen LogP contribution < -0.4 is 11.1 Å². The molecular formula is C14H27N3O2. The Kier molecular flexibility index (Phi) is 5.79. The maximum Gasteiger partial charge on any atom is 0.236 e. The topological polar surface area (TPSA) is 75.4 Å². The molecule has 0 bridgehead atoms. The van der Waals surface area contributed by atoms with E-state index in [-0.39, 0.29) is 29.9 Å². The molecule has 1 saturated carbocycles. The molecule has 3 N–H and O–H groups in total. The third kappa shape index (κ3) is 4.20. The second-order valence-electron chi connectivity index (χ2n) is 5.78. The first-order valence-electron chi connectivity index (χ1n) is 7.19. The van der Waals surface area contributed by atoms with Crippen LogP contribution in [0.4, 0.5) is 0 Å². The van der Waals surface area contributed by atoms with Crippen molar-refractivity contribution in [2.24, 2.45) is 5.73 Å². The van der Waals surface area contributed by atoms with Gasteiger partial charge in [-0.1, -0.05) is 12.8 Å². The maximum atomic E-state index is 11.8. The van der Waals surface area contributed by atoms with Gasteiger partial charge in [-0.3, -0.25) is 9.59 Å². The van der Waals surface area contributed by atoms with Gasteiger partial charge in [-0.2, -0.15) is 0 Å². The summed E-state index contributed by atoms with van der Waals surface area (Å²) in [5.41, 5.74) is 5.60. The van der Waals surface area contributed by atoms with E-state index in [0.29, 0.717) is 0 Å². The molecule has 0 unspecified atom stereocenters. The van der Waals surface area contributed by atoms with Crippen LogP contribution in [0, 0.1) is 0 Å². The van der Waals surface area contributed by atoms with Crippen molar-refractivity contribution in [2.45, 2.75) is 77.5 Å². The van der Waals surface area contributed by atoms with E-state index in [2.05, 4.69) is 5.32 Å². The third-order valence-electron chi connectivity index (χ3n) is 3.75. The van der Waals surface area contributed by atoms with E-state index < -0.39 is 6.04 Å². The zero-order chi connectivity index (χ0) is 14.6. The van der Waals surface area contributed by atoms with E-state index in [1.807, 2.05) is 18.7 Å². The summed E-state index contributed by atoms with van der Waals surface area (Å²) in [6.45, 7) is 7.30. The molecule has 2 amide bonds. The van der Waals surface area contributed by atoms with Crippen LogP contribution >= 0.6 is 0 Å². The summed E-state index contributed by atoms with van der Waals surface area (Å²) in [6, 6.07) is -0.241. The molecule has 5 heteroatoms. The van der Waals surface area contributed by atoms with Crippen molar-refractivity contribution in [3.05, 3.63) is 0 Å². The lowest BCUT2D eigenvalue weighted by Gasteiger charge is -2.42. The lowest BCUT2D eigenvalue weighted by molar-refractivity contribution is -0.136. The summed E-state index contributed by atoms with van der Waals surface area (Å²) in [6.07, 6.45) is 4.05. The Hall–Kier alpha value is -1.10. The van der Waals surface area contributed by atoms with Crippen molar-refractivity contribution in [2.75, 3.05) is 0 Å². The number of nitrogens with one attached hydrogen (secondary N) is 1. The number of hydrogen-bond acceptors (Lipinski definition) is 3. The normalized spacial score (nSPS) is 24.9. The van der Waals surface area contributed by atoms with Crippen LogP contribution in [0.2, 0.25) is 0 Å². The van der Waals surface area contributed by atoms with E-state index in [9.17, 15) is 9.59 Å². The zero-order valence-corrected chi connectivity index (χ0v) is 12.5. The second-order valence-corrected chi connectivity index (χ2v) is 5.78. The van der Waals surface area contributed by atoms with Crippen LogP contribution in [0.1, 0.15) is 53.4 Å². The van der Waals surface area contributed by atoms with Crippen LogP contribution in [-0.2, 0) is 9.59 Å². The first kappa shape index (κ1) is 16.0. The van der Waals surface area contributed by atoms with Gasteiger partial charge in [0.15, 0.2) is 0 Å². The molecule has 19 heavy (non-hydrogen) atoms. The highest BCUT2D eigenvalue weighted by atomic mass is 16.2. The number of amides is 2. The summed E-state index contributed by atoms with van der Waals surface area (Å²) in [4.78, 5) is 25.5. The molecule has 0 radical (unpaired) electrons. The first-order chi connectivity index (χ1) is 8.84. The molecule has 5 nitrogen and oxygen atoms in total. The summed E-state index contributed by atoms with van der Waals surface area (Å²) in [5, 5.41) is 3.00. The Bertz CT molecular complexity index is 329. The lowest BCUT2D eigenvalue weighted by Crippen LogP contribution is -2.58. The molecule has 0 saturated heterocycles. The molecule has 0 aliphatic heterocycles. The van der Waals surface area contributed by atoms with Gasteiger partial charge in [0.1, 0.15) is 0 Å². The molecule has 1 rings (SSSR count). The maximum absolute atomic E-state index is 11.8. The van der Waals surface area contributed by atoms with Gasteiger partial charge in [-0.15, -0.1) is 0 Å². The highest BCUT2D eigenvalue weighted by molar-refractivity contribution is 5.81. The van der Waals surface area contributed by atoms with Gasteiger partial charge < -0.3 is 16.0 Å². The van der Waals surface area contributed by atoms with Gasteiger partial charge in [-0.25, -0.2) is 0 Å². The Morgan fingerprint density at radius 1 is 1.21 bits per heavy atom. The molecule has 1 fully saturated rings. The molecule has 0 heterocycles. The molecular weight excluding hydrogens is 242 g/mol. The van der Waals surface area contributed by atoms with Crippen LogP contribution in [0.5, 0.6) is 0 Å². The van der Waals surface area contributed by atoms with Crippen molar-refractivity contribution in [3.63, 3.8) is 0 Å². The third-order valence-corrected chi connectivity index (χ3v) is 3.75. The minimum Gasteiger partial charge on any atom is -0.350 e. The SMILES string of the molecule is CC(=O)N(C(C)C)[C@H]1CCCC[C@@H]1NC(=O)[C@H](C)N. The van der Waals surface area contributed by atoms with Crippen LogP contribution in [-0.4, -0.2) is 40.9 Å². The van der Waals surface area contributed by atoms with Gasteiger partial charge in [0.25, 0.3) is 0 Å². The number of carbonyl (C=O) groups excluding carboxylic acids is 2. The Balaban J connectivity index is 2.81. The largest absolute Gasteiger partial charge is 0.350 e. The van der Waals surface area contributed by atoms with Gasteiger partial charge in [-0.05, 0) is 33.6 Å². The monoisotopic (exact) mass is 269 g/mol. The van der Waals surface area contributed by atoms with Gasteiger partial charge in [0, 0.05) is 19.0 Å². The fourth-order valence-corrected chi connectivity index (χ4v) is 2.91. The van der Waals surface area contributed by atoms with E-state index in [1.54, 1.807) is 13.8 Å². The van der Waals surface area contributed by atoms with E-state index >= 15 is 0 Å². The summed E-state index contributed by atoms with van der Waals surface area (Å²) in [7, 11) is 0. The highest BCUT2D eigenvalue weighted by Gasteiger charge is 2.34. The van der Waals surface area contributed by atoms with E-state index in [4.69, 9.17) is 5.73 Å². The molecule has 0 aromatic carbocycles. The molecule has 3 atom stereocenters. The molecule has 0 spiro atoms. The predicted molar refractivity (Wildman–Crippen MR) is 75.5 cm³/mol. The average molecular weight is 269 g/mol. The molecule has 110 valence electrons. The first-order valence-corrected chi connectivity index (χ1v) is 7.19. The molecule has 0 aromatic heterocycles. The number of rotatable bonds is 4. The van der Waals surface area contributed by atoms with Crippen molar-refractivity contribution < 1.29 is 9.59 Å². The molecule has 0 aromatic rings. The number of nitrogens with two attached hydrogens (primary N) is 1. The minimum atomic E-state index is -0.507. The standard InChI is InChI=1S/C14H27N3O2/c1-9(2)17(11(4)18)13-8-6-5-7-12(13)16-14(19)10(3)15/h9-10,12-13H,5-8,15H2,1-4H3,(H,16,19)/t10-,12-,13-/m0/s1. The van der Waals surface area contributed by atoms with E-state index in [0.717, 1.165) is 25.7 Å². The minimum absolute atomic E-state index is 0.0264. The van der Waals surface area contributed by atoms with Gasteiger partial charge >= 0.3 is 0 Å². The quantitative estimate of drug-likeness (QED) is 0.800. The number of hydrogen-bond donors (Lipinski definition) is 2. The van der Waals surface area contributed by atoms with Crippen molar-refractivity contribution in [3.8, 4) is 0 Å². The highest BCUT2D eigenvalue weighted by Crippen LogP contribution is 2.25. The summed E-state index contributed by atoms with van der Waals surface area (Å²) < 4.78 is 0. The number of carbonyl (C=O) groups is 2. The summed E-state index contributed by atoms with van der Waals surface area (Å²) >= 11 is 0. The molecule has 1 aliphatic rings. The molecule has 1 aliphatic carbocycles. The zero-order valence-electron chi connectivity index (χ0n) is 12.5. The van der Waals surface area contributed by atoms with Gasteiger partial charge in [0.2, 0.25) is 11.8 Å². The van der Waals surface area contributed by atoms with Crippen LogP contribution in [0.15, 0.2) is 0 Å². The van der Waals surface area contributed by atoms with Crippen LogP contribution in [0.3, 0.4) is 0 Å². The van der Waals surface area contributed by atoms with Crippen molar-refractivity contribution in [1.29, 1.82) is 0 Å². The Labute approximate surface area is 115 Å². The Morgan fingerprint density at radius 2 is 1.79 bits per heavy atom. The van der Waals surface area contributed by atoms with Crippen LogP contribution in [0.25, 0.3) is 0 Å². The van der Waals surface area contributed by atoms with Crippen molar-refractivity contribution >= 4 is 11.8 Å². The van der Waals surface area contributed by atoms with E-state index in [1.165, 1.54) is 0 Å². The fourth-order valence-electron chi connectivity index (χ4n) is 2.91. The van der Waals surface area contributed by atoms with Gasteiger partial charge in [0.05, 0.1) is 12.1 Å². The lowest BCUT2D eigenvalue weighted by atomic mass is 9.88. The summed E-state index contributed by atoms with van der Waals surface area (Å²) in [5.74, 6) is -0.0638.